The van der Waals surface area contributed by atoms with Gasteiger partial charge in [-0.1, -0.05) is 49.2 Å². The highest BCUT2D eigenvalue weighted by Crippen LogP contribution is 2.26. The zero-order valence-electron chi connectivity index (χ0n) is 19.5. The number of aryl methyl sites for hydroxylation is 2. The van der Waals surface area contributed by atoms with Gasteiger partial charge < -0.3 is 14.9 Å². The molecule has 7 heteroatoms. The van der Waals surface area contributed by atoms with Crippen molar-refractivity contribution in [2.45, 2.75) is 54.7 Å². The highest BCUT2D eigenvalue weighted by atomic mass is 32.2. The first-order valence-electron chi connectivity index (χ1n) is 11.7. The minimum absolute atomic E-state index is 0.0608. The van der Waals surface area contributed by atoms with E-state index < -0.39 is 22.7 Å². The Labute approximate surface area is 208 Å². The normalized spacial score (nSPS) is 11.7. The first-order valence-corrected chi connectivity index (χ1v) is 12.9. The van der Waals surface area contributed by atoms with E-state index in [2.05, 4.69) is 24.3 Å². The number of ether oxygens (including phenoxy) is 1. The fourth-order valence-electron chi connectivity index (χ4n) is 3.74. The molecule has 0 saturated carbocycles. The summed E-state index contributed by atoms with van der Waals surface area (Å²) in [7, 11) is -1.60. The Morgan fingerprint density at radius 3 is 2.26 bits per heavy atom. The topological polar surface area (TPSA) is 101 Å². The summed E-state index contributed by atoms with van der Waals surface area (Å²) in [5, 5.41) is 18.3. The maximum Gasteiger partial charge on any atom is 0.335 e. The molecule has 0 aliphatic heterocycles. The summed E-state index contributed by atoms with van der Waals surface area (Å²) < 4.78 is 19.0. The number of unbranched alkanes of at least 4 members (excludes halogenated alkanes) is 3. The number of rotatable bonds is 14. The summed E-state index contributed by atoms with van der Waals surface area (Å²) in [5.74, 6) is -1.42. The Hall–Kier alpha value is -3.45. The molecule has 0 heterocycles. The lowest BCUT2D eigenvalue weighted by Crippen LogP contribution is -2.05. The third-order valence-electron chi connectivity index (χ3n) is 5.61. The molecule has 0 fully saturated rings. The number of benzene rings is 3. The summed E-state index contributed by atoms with van der Waals surface area (Å²) in [6, 6.07) is 21.5. The van der Waals surface area contributed by atoms with Gasteiger partial charge in [0.05, 0.1) is 23.0 Å². The molecule has 184 valence electrons. The Bertz CT molecular complexity index is 1160. The number of aliphatic carboxylic acids is 1. The summed E-state index contributed by atoms with van der Waals surface area (Å²) in [4.78, 5) is 23.2. The largest absolute Gasteiger partial charge is 0.493 e. The van der Waals surface area contributed by atoms with E-state index in [0.29, 0.717) is 27.7 Å². The van der Waals surface area contributed by atoms with Gasteiger partial charge in [0.25, 0.3) is 0 Å². The van der Waals surface area contributed by atoms with Crippen molar-refractivity contribution in [3.8, 4) is 5.75 Å². The zero-order valence-corrected chi connectivity index (χ0v) is 20.3. The summed E-state index contributed by atoms with van der Waals surface area (Å²) >= 11 is 0. The van der Waals surface area contributed by atoms with Crippen LogP contribution in [0.5, 0.6) is 5.75 Å². The Morgan fingerprint density at radius 2 is 1.51 bits per heavy atom. The molecule has 2 N–H and O–H groups in total. The standard InChI is InChI=1S/C28H30O6S/c29-27(30)17-14-22-19-25(35(33)24-13-8-12-23(20-24)28(31)32)15-16-26(22)34-18-7-2-1-4-9-21-10-5-3-6-11-21/h3,5-6,8,10-13,15-16,19-20H,1-2,4,7,9,14,17-18H2,(H,29,30)(H,31,32). The first-order chi connectivity index (χ1) is 16.9. The van der Waals surface area contributed by atoms with Gasteiger partial charge >= 0.3 is 11.9 Å². The average molecular weight is 495 g/mol. The van der Waals surface area contributed by atoms with Gasteiger partial charge in [0.1, 0.15) is 5.75 Å². The monoisotopic (exact) mass is 494 g/mol. The van der Waals surface area contributed by atoms with Crippen LogP contribution in [0.25, 0.3) is 0 Å². The van der Waals surface area contributed by atoms with Crippen LogP contribution >= 0.6 is 0 Å². The van der Waals surface area contributed by atoms with Crippen LogP contribution in [-0.4, -0.2) is 33.0 Å². The van der Waals surface area contributed by atoms with Gasteiger partial charge in [-0.3, -0.25) is 4.79 Å². The smallest absolute Gasteiger partial charge is 0.335 e. The van der Waals surface area contributed by atoms with Gasteiger partial charge in [-0.05, 0) is 73.2 Å². The second kappa shape index (κ2) is 13.4. The lowest BCUT2D eigenvalue weighted by Gasteiger charge is -2.13. The zero-order chi connectivity index (χ0) is 25.0. The number of carbonyl (C=O) groups is 2. The third-order valence-corrected chi connectivity index (χ3v) is 6.97. The molecule has 0 aliphatic carbocycles. The molecule has 1 atom stereocenters. The SMILES string of the molecule is O=C(O)CCc1cc(S(=O)c2cccc(C(=O)O)c2)ccc1OCCCCCCc1ccccc1. The van der Waals surface area contributed by atoms with Crippen LogP contribution in [0.2, 0.25) is 0 Å². The first kappa shape index (κ1) is 26.2. The van der Waals surface area contributed by atoms with Crippen LogP contribution in [0.15, 0.2) is 82.6 Å². The molecule has 3 aromatic rings. The number of carboxylic acids is 2. The van der Waals surface area contributed by atoms with Crippen LogP contribution in [0, 0.1) is 0 Å². The molecule has 0 spiro atoms. The van der Waals surface area contributed by atoms with Crippen molar-refractivity contribution >= 4 is 22.7 Å². The van der Waals surface area contributed by atoms with E-state index in [4.69, 9.17) is 9.84 Å². The highest BCUT2D eigenvalue weighted by molar-refractivity contribution is 7.85. The highest BCUT2D eigenvalue weighted by Gasteiger charge is 2.14. The molecule has 3 rings (SSSR count). The number of carboxylic acid groups (broad SMARTS) is 2. The molecule has 0 saturated heterocycles. The molecule has 6 nitrogen and oxygen atoms in total. The van der Waals surface area contributed by atoms with E-state index in [0.717, 1.165) is 32.1 Å². The van der Waals surface area contributed by atoms with Crippen molar-refractivity contribution < 1.29 is 28.7 Å². The molecule has 0 bridgehead atoms. The van der Waals surface area contributed by atoms with Crippen LogP contribution < -0.4 is 4.74 Å². The van der Waals surface area contributed by atoms with Crippen molar-refractivity contribution in [3.05, 3.63) is 89.5 Å². The van der Waals surface area contributed by atoms with Crippen LogP contribution in [0.1, 0.15) is 53.6 Å². The van der Waals surface area contributed by atoms with Crippen molar-refractivity contribution in [1.82, 2.24) is 0 Å². The predicted octanol–water partition coefficient (Wildman–Crippen LogP) is 5.75. The minimum atomic E-state index is -1.60. The summed E-state index contributed by atoms with van der Waals surface area (Å²) in [5.41, 5.74) is 2.08. The van der Waals surface area contributed by atoms with Crippen LogP contribution in [0.3, 0.4) is 0 Å². The lowest BCUT2D eigenvalue weighted by molar-refractivity contribution is -0.136. The Morgan fingerprint density at radius 1 is 0.771 bits per heavy atom. The molecule has 0 amide bonds. The van der Waals surface area contributed by atoms with Gasteiger partial charge in [0.15, 0.2) is 0 Å². The molecule has 1 unspecified atom stereocenters. The number of hydrogen-bond donors (Lipinski definition) is 2. The fraction of sp³-hybridized carbons (Fsp3) is 0.286. The Kier molecular flexibility index (Phi) is 10.0. The van der Waals surface area contributed by atoms with Crippen molar-refractivity contribution in [1.29, 1.82) is 0 Å². The van der Waals surface area contributed by atoms with Gasteiger partial charge in [-0.15, -0.1) is 0 Å². The maximum absolute atomic E-state index is 13.0. The molecule has 0 aliphatic rings. The van der Waals surface area contributed by atoms with Gasteiger partial charge in [-0.2, -0.15) is 0 Å². The maximum atomic E-state index is 13.0. The van der Waals surface area contributed by atoms with E-state index in [1.807, 2.05) is 6.07 Å². The van der Waals surface area contributed by atoms with Gasteiger partial charge in [0, 0.05) is 16.2 Å². The molecular formula is C28H30O6S. The second-order valence-electron chi connectivity index (χ2n) is 8.26. The fourth-order valence-corrected chi connectivity index (χ4v) is 4.89. The van der Waals surface area contributed by atoms with Gasteiger partial charge in [-0.25, -0.2) is 9.00 Å². The van der Waals surface area contributed by atoms with E-state index in [9.17, 15) is 18.9 Å². The molecule has 0 aromatic heterocycles. The number of aromatic carboxylic acids is 1. The van der Waals surface area contributed by atoms with E-state index in [-0.39, 0.29) is 18.4 Å². The predicted molar refractivity (Wildman–Crippen MR) is 135 cm³/mol. The molecular weight excluding hydrogens is 464 g/mol. The molecule has 3 aromatic carbocycles. The van der Waals surface area contributed by atoms with E-state index in [1.165, 1.54) is 17.7 Å². The number of hydrogen-bond acceptors (Lipinski definition) is 4. The van der Waals surface area contributed by atoms with Crippen LogP contribution in [0.4, 0.5) is 0 Å². The lowest BCUT2D eigenvalue weighted by atomic mass is 10.1. The average Bonchev–Trinajstić information content (AvgIpc) is 2.87. The minimum Gasteiger partial charge on any atom is -0.493 e. The van der Waals surface area contributed by atoms with Crippen molar-refractivity contribution in [3.63, 3.8) is 0 Å². The Balaban J connectivity index is 1.58. The van der Waals surface area contributed by atoms with E-state index in [1.54, 1.807) is 30.3 Å². The quantitative estimate of drug-likeness (QED) is 0.277. The van der Waals surface area contributed by atoms with Crippen molar-refractivity contribution in [2.24, 2.45) is 0 Å². The van der Waals surface area contributed by atoms with Crippen LogP contribution in [-0.2, 0) is 28.4 Å². The summed E-state index contributed by atoms with van der Waals surface area (Å²) in [6.45, 7) is 0.522. The summed E-state index contributed by atoms with van der Waals surface area (Å²) in [6.07, 6.45) is 5.41. The third kappa shape index (κ3) is 8.37. The second-order valence-corrected chi connectivity index (χ2v) is 9.74. The molecule has 35 heavy (non-hydrogen) atoms. The van der Waals surface area contributed by atoms with Crippen molar-refractivity contribution in [2.75, 3.05) is 6.61 Å². The van der Waals surface area contributed by atoms with E-state index >= 15 is 0 Å². The molecule has 0 radical (unpaired) electrons. The van der Waals surface area contributed by atoms with Gasteiger partial charge in [0.2, 0.25) is 0 Å².